The van der Waals surface area contributed by atoms with Crippen LogP contribution in [0, 0.1) is 26.7 Å². The number of thiophene rings is 1. The van der Waals surface area contributed by atoms with Gasteiger partial charge in [-0.2, -0.15) is 0 Å². The summed E-state index contributed by atoms with van der Waals surface area (Å²) in [5.41, 5.74) is 9.60. The zero-order valence-corrected chi connectivity index (χ0v) is 18.8. The van der Waals surface area contributed by atoms with Crippen LogP contribution in [-0.2, 0) is 0 Å². The second kappa shape index (κ2) is 8.42. The predicted molar refractivity (Wildman–Crippen MR) is 119 cm³/mol. The van der Waals surface area contributed by atoms with E-state index in [0.717, 1.165) is 37.2 Å². The van der Waals surface area contributed by atoms with E-state index in [1.54, 1.807) is 11.3 Å². The molecule has 0 spiro atoms. The molecule has 1 saturated heterocycles. The van der Waals surface area contributed by atoms with Gasteiger partial charge in [0.25, 0.3) is 11.6 Å². The van der Waals surface area contributed by atoms with E-state index in [4.69, 9.17) is 10.3 Å². The number of nitrogens with zero attached hydrogens (tertiary/aromatic N) is 3. The number of aromatic nitrogens is 2. The Morgan fingerprint density at radius 2 is 1.97 bits per heavy atom. The van der Waals surface area contributed by atoms with E-state index in [1.165, 1.54) is 9.75 Å². The van der Waals surface area contributed by atoms with E-state index in [1.807, 2.05) is 24.8 Å². The van der Waals surface area contributed by atoms with Crippen molar-refractivity contribution >= 4 is 40.8 Å². The summed E-state index contributed by atoms with van der Waals surface area (Å²) in [4.78, 5) is 22.4. The number of hydrogen-bond acceptors (Lipinski definition) is 6. The highest BCUT2D eigenvalue weighted by molar-refractivity contribution is 7.12. The van der Waals surface area contributed by atoms with Crippen LogP contribution in [0.4, 0.5) is 0 Å². The summed E-state index contributed by atoms with van der Waals surface area (Å²) in [6, 6.07) is 4.18. The molecule has 6 nitrogen and oxygen atoms in total. The molecule has 3 aromatic heterocycles. The number of hydrogen-bond donors (Lipinski definition) is 1. The monoisotopic (exact) mass is 434 g/mol. The highest BCUT2D eigenvalue weighted by Crippen LogP contribution is 2.33. The van der Waals surface area contributed by atoms with Crippen LogP contribution in [0.25, 0.3) is 22.4 Å². The maximum absolute atomic E-state index is 13.4. The third-order valence-corrected chi connectivity index (χ3v) is 6.70. The first-order valence-corrected chi connectivity index (χ1v) is 10.6. The number of piperidine rings is 1. The van der Waals surface area contributed by atoms with E-state index < -0.39 is 0 Å². The van der Waals surface area contributed by atoms with Crippen molar-refractivity contribution in [2.45, 2.75) is 46.6 Å². The highest BCUT2D eigenvalue weighted by Gasteiger charge is 2.28. The summed E-state index contributed by atoms with van der Waals surface area (Å²) < 4.78 is 5.44. The van der Waals surface area contributed by atoms with Gasteiger partial charge >= 0.3 is 0 Å². The average molecular weight is 435 g/mol. The Kier molecular flexibility index (Phi) is 6.31. The summed E-state index contributed by atoms with van der Waals surface area (Å²) in [6.45, 7) is 9.51. The highest BCUT2D eigenvalue weighted by atomic mass is 35.5. The molecule has 0 bridgehead atoms. The number of pyridine rings is 1. The lowest BCUT2D eigenvalue weighted by molar-refractivity contribution is 0.0683. The molecule has 1 atom stereocenters. The summed E-state index contributed by atoms with van der Waals surface area (Å²) in [7, 11) is 0. The number of aryl methyl sites for hydroxylation is 3. The predicted octanol–water partition coefficient (Wildman–Crippen LogP) is 4.50. The molecule has 4 heterocycles. The third-order valence-electron chi connectivity index (χ3n) is 5.73. The SMILES string of the molecule is Cc1cc(-c2cc(C(=O)N3CCC(C(C)N)CC3)c3c(C)noc3n2)c(C)s1.Cl. The van der Waals surface area contributed by atoms with Crippen LogP contribution in [-0.4, -0.2) is 40.1 Å². The van der Waals surface area contributed by atoms with Gasteiger partial charge < -0.3 is 15.2 Å². The van der Waals surface area contributed by atoms with Crippen LogP contribution in [0.5, 0.6) is 0 Å². The van der Waals surface area contributed by atoms with Crippen LogP contribution in [0.1, 0.15) is 45.6 Å². The lowest BCUT2D eigenvalue weighted by Crippen LogP contribution is -2.42. The minimum atomic E-state index is 0. The number of nitrogens with two attached hydrogens (primary N) is 1. The molecule has 156 valence electrons. The van der Waals surface area contributed by atoms with Gasteiger partial charge in [-0.1, -0.05) is 5.16 Å². The quantitative estimate of drug-likeness (QED) is 0.656. The largest absolute Gasteiger partial charge is 0.339 e. The normalized spacial score (nSPS) is 16.1. The molecule has 1 amide bonds. The van der Waals surface area contributed by atoms with E-state index >= 15 is 0 Å². The molecule has 1 fully saturated rings. The van der Waals surface area contributed by atoms with E-state index in [9.17, 15) is 4.79 Å². The van der Waals surface area contributed by atoms with Crippen LogP contribution in [0.2, 0.25) is 0 Å². The number of fused-ring (bicyclic) bond motifs is 1. The third kappa shape index (κ3) is 4.04. The van der Waals surface area contributed by atoms with Gasteiger partial charge in [0.2, 0.25) is 0 Å². The van der Waals surface area contributed by atoms with Crippen molar-refractivity contribution in [3.05, 3.63) is 33.1 Å². The van der Waals surface area contributed by atoms with Crippen molar-refractivity contribution in [3.8, 4) is 11.3 Å². The molecule has 8 heteroatoms. The first kappa shape index (κ1) is 21.7. The Hall–Kier alpha value is -1.96. The lowest BCUT2D eigenvalue weighted by Gasteiger charge is -2.33. The second-order valence-electron chi connectivity index (χ2n) is 7.82. The topological polar surface area (TPSA) is 85.2 Å². The molecular formula is C21H27ClN4O2S. The van der Waals surface area contributed by atoms with E-state index in [2.05, 4.69) is 30.1 Å². The van der Waals surface area contributed by atoms with Crippen molar-refractivity contribution in [1.29, 1.82) is 0 Å². The van der Waals surface area contributed by atoms with E-state index in [-0.39, 0.29) is 24.4 Å². The summed E-state index contributed by atoms with van der Waals surface area (Å²) >= 11 is 1.73. The number of halogens is 1. The van der Waals surface area contributed by atoms with Gasteiger partial charge in [-0.3, -0.25) is 4.79 Å². The molecule has 1 unspecified atom stereocenters. The molecule has 0 aromatic carbocycles. The number of rotatable bonds is 3. The summed E-state index contributed by atoms with van der Waals surface area (Å²) in [5.74, 6) is 0.499. The molecule has 0 radical (unpaired) electrons. The first-order chi connectivity index (χ1) is 13.3. The Morgan fingerprint density at radius 3 is 2.55 bits per heavy atom. The smallest absolute Gasteiger partial charge is 0.259 e. The van der Waals surface area contributed by atoms with Crippen molar-refractivity contribution in [2.75, 3.05) is 13.1 Å². The van der Waals surface area contributed by atoms with Gasteiger partial charge in [-0.25, -0.2) is 4.98 Å². The minimum Gasteiger partial charge on any atom is -0.339 e. The van der Waals surface area contributed by atoms with Crippen molar-refractivity contribution < 1.29 is 9.32 Å². The van der Waals surface area contributed by atoms with Crippen LogP contribution in [0.3, 0.4) is 0 Å². The van der Waals surface area contributed by atoms with Crippen LogP contribution < -0.4 is 5.73 Å². The van der Waals surface area contributed by atoms with E-state index in [0.29, 0.717) is 28.3 Å². The Balaban J connectivity index is 0.00000240. The molecular weight excluding hydrogens is 408 g/mol. The number of likely N-dealkylation sites (tertiary alicyclic amines) is 1. The fraction of sp³-hybridized carbons (Fsp3) is 0.476. The molecule has 0 aliphatic carbocycles. The van der Waals surface area contributed by atoms with Gasteiger partial charge in [0.05, 0.1) is 22.3 Å². The number of carbonyl (C=O) groups is 1. The number of carbonyl (C=O) groups excluding carboxylic acids is 1. The fourth-order valence-corrected chi connectivity index (χ4v) is 5.02. The van der Waals surface area contributed by atoms with Crippen molar-refractivity contribution in [3.63, 3.8) is 0 Å². The standard InChI is InChI=1S/C21H26N4O2S.ClH/c1-11-9-16(14(4)28-11)18-10-17(19-13(3)24-27-20(19)23-18)21(26)25-7-5-15(6-8-25)12(2)22;/h9-10,12,15H,5-8,22H2,1-4H3;1H. The average Bonchev–Trinajstić information content (AvgIpc) is 3.22. The molecule has 0 saturated carbocycles. The molecule has 1 aliphatic rings. The fourth-order valence-electron chi connectivity index (χ4n) is 4.09. The zero-order chi connectivity index (χ0) is 20.0. The molecule has 2 N–H and O–H groups in total. The van der Waals surface area contributed by atoms with Gasteiger partial charge in [0, 0.05) is 34.4 Å². The van der Waals surface area contributed by atoms with Crippen molar-refractivity contribution in [1.82, 2.24) is 15.0 Å². The van der Waals surface area contributed by atoms with Crippen LogP contribution >= 0.6 is 23.7 Å². The Bertz CT molecular complexity index is 1030. The molecule has 1 aliphatic heterocycles. The second-order valence-corrected chi connectivity index (χ2v) is 9.28. The van der Waals surface area contributed by atoms with Gasteiger partial charge in [-0.05, 0) is 58.6 Å². The first-order valence-electron chi connectivity index (χ1n) is 9.74. The molecule has 29 heavy (non-hydrogen) atoms. The van der Waals surface area contributed by atoms with Gasteiger partial charge in [-0.15, -0.1) is 23.7 Å². The number of amides is 1. The maximum Gasteiger partial charge on any atom is 0.259 e. The Labute approximate surface area is 180 Å². The zero-order valence-electron chi connectivity index (χ0n) is 17.2. The Morgan fingerprint density at radius 1 is 1.28 bits per heavy atom. The summed E-state index contributed by atoms with van der Waals surface area (Å²) in [6.07, 6.45) is 1.88. The van der Waals surface area contributed by atoms with Gasteiger partial charge in [0.15, 0.2) is 0 Å². The lowest BCUT2D eigenvalue weighted by atomic mass is 9.90. The molecule has 4 rings (SSSR count). The molecule has 3 aromatic rings. The van der Waals surface area contributed by atoms with Gasteiger partial charge in [0.1, 0.15) is 0 Å². The minimum absolute atomic E-state index is 0. The maximum atomic E-state index is 13.4. The summed E-state index contributed by atoms with van der Waals surface area (Å²) in [5, 5.41) is 4.77. The van der Waals surface area contributed by atoms with Crippen LogP contribution in [0.15, 0.2) is 16.7 Å². The van der Waals surface area contributed by atoms with Crippen molar-refractivity contribution in [2.24, 2.45) is 11.7 Å².